The topological polar surface area (TPSA) is 30.0 Å². The monoisotopic (exact) mass is 233 g/mol. The molecule has 0 saturated carbocycles. The summed E-state index contributed by atoms with van der Waals surface area (Å²) in [7, 11) is 0. The molecule has 0 fully saturated rings. The van der Waals surface area contributed by atoms with Gasteiger partial charge in [0.25, 0.3) is 0 Å². The van der Waals surface area contributed by atoms with Gasteiger partial charge in [-0.15, -0.1) is 0 Å². The minimum atomic E-state index is 0.667. The van der Waals surface area contributed by atoms with E-state index in [-0.39, 0.29) is 0 Å². The standard InChI is InChI=1S/C16H11NO/c18-11-13-6-1-3-7-14(13)16-10-9-12-5-2-4-8-15(12)17-16/h1-11H. The van der Waals surface area contributed by atoms with Crippen LogP contribution >= 0.6 is 0 Å². The third-order valence-electron chi connectivity index (χ3n) is 2.96. The van der Waals surface area contributed by atoms with Gasteiger partial charge in [0.2, 0.25) is 0 Å². The van der Waals surface area contributed by atoms with Crippen molar-refractivity contribution in [1.29, 1.82) is 0 Å². The van der Waals surface area contributed by atoms with E-state index in [9.17, 15) is 4.79 Å². The molecular weight excluding hydrogens is 222 g/mol. The lowest BCUT2D eigenvalue weighted by atomic mass is 10.0. The van der Waals surface area contributed by atoms with Crippen molar-refractivity contribution in [1.82, 2.24) is 4.98 Å². The fourth-order valence-electron chi connectivity index (χ4n) is 2.05. The minimum absolute atomic E-state index is 0.667. The van der Waals surface area contributed by atoms with E-state index < -0.39 is 0 Å². The summed E-state index contributed by atoms with van der Waals surface area (Å²) in [5.41, 5.74) is 3.31. The minimum Gasteiger partial charge on any atom is -0.298 e. The molecule has 0 unspecified atom stereocenters. The van der Waals surface area contributed by atoms with Crippen LogP contribution in [0.1, 0.15) is 10.4 Å². The quantitative estimate of drug-likeness (QED) is 0.631. The molecule has 3 aromatic rings. The number of hydrogen-bond donors (Lipinski definition) is 0. The third kappa shape index (κ3) is 1.78. The van der Waals surface area contributed by atoms with Crippen LogP contribution in [0.3, 0.4) is 0 Å². The number of hydrogen-bond acceptors (Lipinski definition) is 2. The zero-order valence-corrected chi connectivity index (χ0v) is 9.71. The summed E-state index contributed by atoms with van der Waals surface area (Å²) in [5.74, 6) is 0. The molecule has 0 radical (unpaired) electrons. The van der Waals surface area contributed by atoms with Crippen molar-refractivity contribution in [2.24, 2.45) is 0 Å². The van der Waals surface area contributed by atoms with Crippen LogP contribution in [-0.2, 0) is 0 Å². The largest absolute Gasteiger partial charge is 0.298 e. The van der Waals surface area contributed by atoms with Gasteiger partial charge in [-0.1, -0.05) is 48.5 Å². The first-order chi connectivity index (χ1) is 8.88. The summed E-state index contributed by atoms with van der Waals surface area (Å²) in [6.45, 7) is 0. The summed E-state index contributed by atoms with van der Waals surface area (Å²) in [5, 5.41) is 1.10. The number of rotatable bonds is 2. The zero-order chi connectivity index (χ0) is 12.4. The molecule has 3 rings (SSSR count). The van der Waals surface area contributed by atoms with Gasteiger partial charge in [0.1, 0.15) is 0 Å². The molecule has 0 aliphatic carbocycles. The lowest BCUT2D eigenvalue weighted by molar-refractivity contribution is 0.112. The molecule has 0 amide bonds. The number of para-hydroxylation sites is 1. The number of carbonyl (C=O) groups excluding carboxylic acids is 1. The van der Waals surface area contributed by atoms with Gasteiger partial charge in [-0.2, -0.15) is 0 Å². The van der Waals surface area contributed by atoms with Gasteiger partial charge < -0.3 is 0 Å². The van der Waals surface area contributed by atoms with Gasteiger partial charge in [0.15, 0.2) is 6.29 Å². The van der Waals surface area contributed by atoms with E-state index in [1.165, 1.54) is 0 Å². The van der Waals surface area contributed by atoms with Crippen molar-refractivity contribution in [3.05, 3.63) is 66.2 Å². The summed E-state index contributed by atoms with van der Waals surface area (Å²) < 4.78 is 0. The summed E-state index contributed by atoms with van der Waals surface area (Å²) >= 11 is 0. The van der Waals surface area contributed by atoms with Gasteiger partial charge in [-0.25, -0.2) is 4.98 Å². The fraction of sp³-hybridized carbons (Fsp3) is 0. The van der Waals surface area contributed by atoms with E-state index in [0.29, 0.717) is 5.56 Å². The molecule has 2 heteroatoms. The maximum atomic E-state index is 11.0. The average Bonchev–Trinajstić information content (AvgIpc) is 2.46. The SMILES string of the molecule is O=Cc1ccccc1-c1ccc2ccccc2n1. The Morgan fingerprint density at radius 1 is 0.833 bits per heavy atom. The average molecular weight is 233 g/mol. The molecule has 1 aromatic heterocycles. The van der Waals surface area contributed by atoms with E-state index in [1.807, 2.05) is 54.6 Å². The molecule has 0 saturated heterocycles. The molecule has 2 nitrogen and oxygen atoms in total. The molecule has 2 aromatic carbocycles. The van der Waals surface area contributed by atoms with E-state index in [1.54, 1.807) is 6.07 Å². The Bertz CT molecular complexity index is 719. The molecule has 0 spiro atoms. The van der Waals surface area contributed by atoms with Crippen molar-refractivity contribution in [2.45, 2.75) is 0 Å². The van der Waals surface area contributed by atoms with Crippen LogP contribution in [0.4, 0.5) is 0 Å². The second kappa shape index (κ2) is 4.41. The van der Waals surface area contributed by atoms with Crippen LogP contribution in [-0.4, -0.2) is 11.3 Å². The Kier molecular flexibility index (Phi) is 2.61. The molecule has 0 atom stereocenters. The maximum absolute atomic E-state index is 11.0. The van der Waals surface area contributed by atoms with E-state index in [4.69, 9.17) is 0 Å². The van der Waals surface area contributed by atoms with Gasteiger partial charge in [0.05, 0.1) is 11.2 Å². The molecule has 0 bridgehead atoms. The summed E-state index contributed by atoms with van der Waals surface area (Å²) in [6.07, 6.45) is 0.867. The number of aromatic nitrogens is 1. The highest BCUT2D eigenvalue weighted by atomic mass is 16.1. The van der Waals surface area contributed by atoms with Crippen LogP contribution in [0.5, 0.6) is 0 Å². The van der Waals surface area contributed by atoms with E-state index in [0.717, 1.165) is 28.4 Å². The van der Waals surface area contributed by atoms with Gasteiger partial charge in [-0.3, -0.25) is 4.79 Å². The molecule has 86 valence electrons. The summed E-state index contributed by atoms with van der Waals surface area (Å²) in [4.78, 5) is 15.6. The first-order valence-electron chi connectivity index (χ1n) is 5.79. The smallest absolute Gasteiger partial charge is 0.150 e. The van der Waals surface area contributed by atoms with Crippen LogP contribution in [0.25, 0.3) is 22.2 Å². The molecular formula is C16H11NO. The first kappa shape index (κ1) is 10.7. The van der Waals surface area contributed by atoms with Crippen molar-refractivity contribution < 1.29 is 4.79 Å². The van der Waals surface area contributed by atoms with Crippen LogP contribution in [0.2, 0.25) is 0 Å². The zero-order valence-electron chi connectivity index (χ0n) is 9.71. The highest BCUT2D eigenvalue weighted by molar-refractivity contribution is 5.88. The molecule has 0 N–H and O–H groups in total. The molecule has 0 aliphatic rings. The van der Waals surface area contributed by atoms with Crippen LogP contribution in [0, 0.1) is 0 Å². The highest BCUT2D eigenvalue weighted by Crippen LogP contribution is 2.23. The molecule has 1 heterocycles. The number of carbonyl (C=O) groups is 1. The second-order valence-electron chi connectivity index (χ2n) is 4.09. The van der Waals surface area contributed by atoms with Crippen molar-refractivity contribution in [2.75, 3.05) is 0 Å². The lowest BCUT2D eigenvalue weighted by Crippen LogP contribution is -1.90. The fourth-order valence-corrected chi connectivity index (χ4v) is 2.05. The normalized spacial score (nSPS) is 10.4. The number of fused-ring (bicyclic) bond motifs is 1. The van der Waals surface area contributed by atoms with Crippen molar-refractivity contribution >= 4 is 17.2 Å². The lowest BCUT2D eigenvalue weighted by Gasteiger charge is -2.05. The van der Waals surface area contributed by atoms with Gasteiger partial charge >= 0.3 is 0 Å². The number of nitrogens with zero attached hydrogens (tertiary/aromatic N) is 1. The number of benzene rings is 2. The molecule has 0 aliphatic heterocycles. The Balaban J connectivity index is 2.22. The van der Waals surface area contributed by atoms with E-state index in [2.05, 4.69) is 4.98 Å². The predicted octanol–water partition coefficient (Wildman–Crippen LogP) is 3.71. The first-order valence-corrected chi connectivity index (χ1v) is 5.79. The van der Waals surface area contributed by atoms with Gasteiger partial charge in [0, 0.05) is 16.5 Å². The van der Waals surface area contributed by atoms with Crippen LogP contribution < -0.4 is 0 Å². The van der Waals surface area contributed by atoms with Crippen molar-refractivity contribution in [3.63, 3.8) is 0 Å². The Labute approximate surface area is 105 Å². The number of pyridine rings is 1. The Morgan fingerprint density at radius 3 is 2.50 bits per heavy atom. The predicted molar refractivity (Wildman–Crippen MR) is 72.6 cm³/mol. The van der Waals surface area contributed by atoms with Crippen LogP contribution in [0.15, 0.2) is 60.7 Å². The van der Waals surface area contributed by atoms with Gasteiger partial charge in [-0.05, 0) is 12.1 Å². The van der Waals surface area contributed by atoms with Crippen molar-refractivity contribution in [3.8, 4) is 11.3 Å². The number of aldehydes is 1. The summed E-state index contributed by atoms with van der Waals surface area (Å²) in [6, 6.07) is 19.4. The highest BCUT2D eigenvalue weighted by Gasteiger charge is 2.05. The Hall–Kier alpha value is -2.48. The van der Waals surface area contributed by atoms with E-state index >= 15 is 0 Å². The Morgan fingerprint density at radius 2 is 1.61 bits per heavy atom. The molecule has 18 heavy (non-hydrogen) atoms. The maximum Gasteiger partial charge on any atom is 0.150 e. The third-order valence-corrected chi connectivity index (χ3v) is 2.96. The second-order valence-corrected chi connectivity index (χ2v) is 4.09.